The summed E-state index contributed by atoms with van der Waals surface area (Å²) in [6.07, 6.45) is 5.73. The van der Waals surface area contributed by atoms with Gasteiger partial charge in [0.2, 0.25) is 0 Å². The van der Waals surface area contributed by atoms with E-state index in [1.54, 1.807) is 12.1 Å². The summed E-state index contributed by atoms with van der Waals surface area (Å²) >= 11 is 0. The van der Waals surface area contributed by atoms with E-state index in [0.717, 1.165) is 29.9 Å². The third-order valence-electron chi connectivity index (χ3n) is 3.26. The molecule has 0 heterocycles. The normalized spacial score (nSPS) is 11.7. The molecule has 1 heteroatoms. The molecule has 0 bridgehead atoms. The van der Waals surface area contributed by atoms with Crippen LogP contribution in [0.3, 0.4) is 0 Å². The minimum atomic E-state index is -0.0388. The van der Waals surface area contributed by atoms with Crippen molar-refractivity contribution in [3.63, 3.8) is 0 Å². The lowest BCUT2D eigenvalue weighted by Crippen LogP contribution is -1.98. The Balaban J connectivity index is 0.00000137. The van der Waals surface area contributed by atoms with Gasteiger partial charge in [-0.15, -0.1) is 0 Å². The van der Waals surface area contributed by atoms with E-state index in [0.29, 0.717) is 0 Å². The lowest BCUT2D eigenvalue weighted by molar-refractivity contribution is 0.466. The zero-order valence-electron chi connectivity index (χ0n) is 12.7. The minimum Gasteiger partial charge on any atom is -0.207 e. The van der Waals surface area contributed by atoms with Crippen molar-refractivity contribution in [2.24, 2.45) is 5.92 Å². The molecule has 0 nitrogen and oxygen atoms in total. The van der Waals surface area contributed by atoms with Crippen LogP contribution in [0.1, 0.15) is 64.5 Å². The van der Waals surface area contributed by atoms with Crippen molar-refractivity contribution >= 4 is 0 Å². The second kappa shape index (κ2) is 10.1. The topological polar surface area (TPSA) is 0 Å². The van der Waals surface area contributed by atoms with Crippen LogP contribution in [0.2, 0.25) is 0 Å². The average Bonchev–Trinajstić information content (AvgIpc) is 2.36. The van der Waals surface area contributed by atoms with Crippen molar-refractivity contribution in [2.75, 3.05) is 0 Å². The summed E-state index contributed by atoms with van der Waals surface area (Å²) in [5.74, 6) is 0.736. The monoisotopic (exact) mass is 252 g/mol. The fraction of sp³-hybridized carbons (Fsp3) is 0.647. The molecule has 1 rings (SSSR count). The van der Waals surface area contributed by atoms with Crippen molar-refractivity contribution in [1.82, 2.24) is 0 Å². The molecule has 0 saturated heterocycles. The molecule has 0 fully saturated rings. The predicted octanol–water partition coefficient (Wildman–Crippen LogP) is 5.92. The Kier molecular flexibility index (Phi) is 9.63. The summed E-state index contributed by atoms with van der Waals surface area (Å²) in [7, 11) is 0. The summed E-state index contributed by atoms with van der Waals surface area (Å²) in [5, 5.41) is 0. The molecule has 0 N–H and O–H groups in total. The molecule has 0 saturated carbocycles. The van der Waals surface area contributed by atoms with Crippen molar-refractivity contribution < 1.29 is 4.39 Å². The second-order valence-corrected chi connectivity index (χ2v) is 4.82. The Hall–Kier alpha value is -0.850. The zero-order chi connectivity index (χ0) is 14.0. The third kappa shape index (κ3) is 6.18. The molecule has 0 aromatic heterocycles. The average molecular weight is 252 g/mol. The van der Waals surface area contributed by atoms with Crippen molar-refractivity contribution in [1.29, 1.82) is 0 Å². The molecule has 0 aliphatic rings. The Morgan fingerprint density at radius 1 is 1.17 bits per heavy atom. The molecule has 0 aliphatic heterocycles. The van der Waals surface area contributed by atoms with Gasteiger partial charge < -0.3 is 0 Å². The van der Waals surface area contributed by atoms with Gasteiger partial charge in [0.1, 0.15) is 5.82 Å². The molecule has 18 heavy (non-hydrogen) atoms. The van der Waals surface area contributed by atoms with E-state index < -0.39 is 0 Å². The van der Waals surface area contributed by atoms with Gasteiger partial charge >= 0.3 is 0 Å². The first kappa shape index (κ1) is 17.2. The van der Waals surface area contributed by atoms with Crippen LogP contribution in [-0.4, -0.2) is 0 Å². The molecule has 1 aromatic carbocycles. The quantitative estimate of drug-likeness (QED) is 0.589. The summed E-state index contributed by atoms with van der Waals surface area (Å²) < 4.78 is 13.5. The zero-order valence-corrected chi connectivity index (χ0v) is 12.7. The second-order valence-electron chi connectivity index (χ2n) is 4.82. The van der Waals surface area contributed by atoms with Crippen LogP contribution >= 0.6 is 0 Å². The molecular weight excluding hydrogens is 223 g/mol. The van der Waals surface area contributed by atoms with Gasteiger partial charge in [-0.25, -0.2) is 4.39 Å². The largest absolute Gasteiger partial charge is 0.207 e. The van der Waals surface area contributed by atoms with Crippen LogP contribution < -0.4 is 0 Å². The van der Waals surface area contributed by atoms with Crippen LogP contribution in [-0.2, 0) is 6.42 Å². The number of benzene rings is 1. The molecule has 0 radical (unpaired) electrons. The fourth-order valence-corrected chi connectivity index (χ4v) is 2.25. The molecule has 0 amide bonds. The van der Waals surface area contributed by atoms with E-state index in [1.807, 2.05) is 26.8 Å². The van der Waals surface area contributed by atoms with Crippen molar-refractivity contribution in [2.45, 2.75) is 66.7 Å². The first-order chi connectivity index (χ1) is 8.65. The van der Waals surface area contributed by atoms with Crippen LogP contribution in [0, 0.1) is 18.7 Å². The number of aryl methyl sites for hydroxylation is 1. The Bertz CT molecular complexity index is 297. The van der Waals surface area contributed by atoms with Gasteiger partial charge in [0.05, 0.1) is 0 Å². The number of hydrogen-bond donors (Lipinski definition) is 0. The van der Waals surface area contributed by atoms with Gasteiger partial charge in [-0.3, -0.25) is 0 Å². The summed E-state index contributed by atoms with van der Waals surface area (Å²) in [6.45, 7) is 10.5. The molecule has 104 valence electrons. The first-order valence-electron chi connectivity index (χ1n) is 7.39. The highest BCUT2D eigenvalue weighted by atomic mass is 19.1. The standard InChI is InChI=1S/C15H23F.C2H6/c1-4-7-12(2)8-5-10-14-13(3)9-6-11-15(14)16;1-2/h6,9,11-12H,4-5,7-8,10H2,1-3H3;1-2H3. The van der Waals surface area contributed by atoms with Crippen molar-refractivity contribution in [3.05, 3.63) is 35.1 Å². The minimum absolute atomic E-state index is 0.0388. The Labute approximate surface area is 113 Å². The molecular formula is C17H29F. The van der Waals surface area contributed by atoms with Crippen LogP contribution in [0.5, 0.6) is 0 Å². The highest BCUT2D eigenvalue weighted by molar-refractivity contribution is 5.27. The highest BCUT2D eigenvalue weighted by Crippen LogP contribution is 2.18. The van der Waals surface area contributed by atoms with Crippen LogP contribution in [0.25, 0.3) is 0 Å². The molecule has 0 aliphatic carbocycles. The van der Waals surface area contributed by atoms with Gasteiger partial charge in [-0.1, -0.05) is 59.1 Å². The van der Waals surface area contributed by atoms with E-state index in [9.17, 15) is 4.39 Å². The van der Waals surface area contributed by atoms with E-state index in [-0.39, 0.29) is 5.82 Å². The summed E-state index contributed by atoms with van der Waals surface area (Å²) in [4.78, 5) is 0. The molecule has 1 atom stereocenters. The SMILES string of the molecule is CC.CCCC(C)CCCc1c(C)cccc1F. The van der Waals surface area contributed by atoms with Crippen LogP contribution in [0.15, 0.2) is 18.2 Å². The molecule has 1 unspecified atom stereocenters. The van der Waals surface area contributed by atoms with E-state index in [4.69, 9.17) is 0 Å². The predicted molar refractivity (Wildman–Crippen MR) is 79.5 cm³/mol. The molecule has 0 spiro atoms. The van der Waals surface area contributed by atoms with Crippen molar-refractivity contribution in [3.8, 4) is 0 Å². The van der Waals surface area contributed by atoms with Gasteiger partial charge in [-0.05, 0) is 42.9 Å². The van der Waals surface area contributed by atoms with E-state index in [1.165, 1.54) is 19.3 Å². The number of rotatable bonds is 6. The van der Waals surface area contributed by atoms with Gasteiger partial charge in [0, 0.05) is 0 Å². The third-order valence-corrected chi connectivity index (χ3v) is 3.26. The highest BCUT2D eigenvalue weighted by Gasteiger charge is 2.06. The lowest BCUT2D eigenvalue weighted by atomic mass is 9.96. The maximum Gasteiger partial charge on any atom is 0.126 e. The summed E-state index contributed by atoms with van der Waals surface area (Å²) in [6, 6.07) is 5.35. The molecule has 1 aromatic rings. The number of hydrogen-bond acceptors (Lipinski definition) is 0. The van der Waals surface area contributed by atoms with Gasteiger partial charge in [0.15, 0.2) is 0 Å². The maximum absolute atomic E-state index is 13.5. The summed E-state index contributed by atoms with van der Waals surface area (Å²) in [5.41, 5.74) is 1.99. The smallest absolute Gasteiger partial charge is 0.126 e. The first-order valence-corrected chi connectivity index (χ1v) is 7.39. The van der Waals surface area contributed by atoms with E-state index >= 15 is 0 Å². The fourth-order valence-electron chi connectivity index (χ4n) is 2.25. The Morgan fingerprint density at radius 2 is 1.83 bits per heavy atom. The van der Waals surface area contributed by atoms with Gasteiger partial charge in [-0.2, -0.15) is 0 Å². The van der Waals surface area contributed by atoms with Gasteiger partial charge in [0.25, 0.3) is 0 Å². The lowest BCUT2D eigenvalue weighted by Gasteiger charge is -2.11. The maximum atomic E-state index is 13.5. The number of halogens is 1. The van der Waals surface area contributed by atoms with E-state index in [2.05, 4.69) is 13.8 Å². The van der Waals surface area contributed by atoms with Crippen LogP contribution in [0.4, 0.5) is 4.39 Å². The Morgan fingerprint density at radius 3 is 2.39 bits per heavy atom.